The highest BCUT2D eigenvalue weighted by atomic mass is 32.2. The van der Waals surface area contributed by atoms with Gasteiger partial charge < -0.3 is 9.15 Å². The van der Waals surface area contributed by atoms with E-state index >= 15 is 0 Å². The second kappa shape index (κ2) is 7.71. The number of benzene rings is 1. The van der Waals surface area contributed by atoms with Gasteiger partial charge in [0.15, 0.2) is 0 Å². The third-order valence-electron chi connectivity index (χ3n) is 3.60. The Labute approximate surface area is 158 Å². The van der Waals surface area contributed by atoms with Gasteiger partial charge in [0.2, 0.25) is 5.16 Å². The first-order valence-corrected chi connectivity index (χ1v) is 9.68. The number of tetrazole rings is 1. The van der Waals surface area contributed by atoms with Crippen LogP contribution in [0.25, 0.3) is 10.6 Å². The summed E-state index contributed by atoms with van der Waals surface area (Å²) < 4.78 is 12.3. The average molecular weight is 385 g/mol. The van der Waals surface area contributed by atoms with E-state index in [0.717, 1.165) is 32.9 Å². The zero-order chi connectivity index (χ0) is 17.8. The predicted octanol–water partition coefficient (Wildman–Crippen LogP) is 3.74. The highest BCUT2D eigenvalue weighted by molar-refractivity contribution is 7.98. The highest BCUT2D eigenvalue weighted by Gasteiger charge is 2.11. The number of thiazole rings is 1. The van der Waals surface area contributed by atoms with Crippen molar-refractivity contribution in [3.63, 3.8) is 0 Å². The average Bonchev–Trinajstić information content (AvgIpc) is 3.43. The normalized spacial score (nSPS) is 11.0. The maximum absolute atomic E-state index is 5.35. The molecule has 0 N–H and O–H groups in total. The van der Waals surface area contributed by atoms with Crippen molar-refractivity contribution in [3.05, 3.63) is 59.5 Å². The number of hydrogen-bond acceptors (Lipinski definition) is 8. The largest absolute Gasteiger partial charge is 0.497 e. The summed E-state index contributed by atoms with van der Waals surface area (Å²) in [5, 5.41) is 15.6. The molecular formula is C17H15N5O2S2. The summed E-state index contributed by atoms with van der Waals surface area (Å²) in [6.07, 6.45) is 1.64. The molecule has 0 aliphatic rings. The molecule has 3 heterocycles. The van der Waals surface area contributed by atoms with Gasteiger partial charge in [-0.3, -0.25) is 0 Å². The molecule has 0 radical (unpaired) electrons. The van der Waals surface area contributed by atoms with Crippen LogP contribution in [-0.2, 0) is 12.3 Å². The Balaban J connectivity index is 1.43. The number of nitrogens with zero attached hydrogens (tertiary/aromatic N) is 5. The molecule has 0 atom stereocenters. The van der Waals surface area contributed by atoms with Crippen molar-refractivity contribution < 1.29 is 9.15 Å². The summed E-state index contributed by atoms with van der Waals surface area (Å²) in [6, 6.07) is 11.7. The molecule has 0 spiro atoms. The van der Waals surface area contributed by atoms with Gasteiger partial charge in [-0.1, -0.05) is 23.9 Å². The van der Waals surface area contributed by atoms with Crippen LogP contribution in [0.3, 0.4) is 0 Å². The molecule has 4 rings (SSSR count). The maximum Gasteiger partial charge on any atom is 0.210 e. The van der Waals surface area contributed by atoms with E-state index in [1.54, 1.807) is 41.2 Å². The van der Waals surface area contributed by atoms with Crippen molar-refractivity contribution in [2.24, 2.45) is 0 Å². The summed E-state index contributed by atoms with van der Waals surface area (Å²) in [4.78, 5) is 4.71. The molecule has 7 nitrogen and oxygen atoms in total. The molecule has 0 fully saturated rings. The number of ether oxygens (including phenoxy) is 1. The van der Waals surface area contributed by atoms with Crippen LogP contribution >= 0.6 is 23.1 Å². The number of aromatic nitrogens is 5. The van der Waals surface area contributed by atoms with Crippen molar-refractivity contribution >= 4 is 23.1 Å². The standard InChI is InChI=1S/C17H15N5O2S2/c1-23-14-5-2-4-12(8-14)16-18-13(10-25-16)11-26-17-19-20-21-22(17)9-15-6-3-7-24-15/h2-8,10H,9,11H2,1H3. The van der Waals surface area contributed by atoms with Crippen molar-refractivity contribution in [2.75, 3.05) is 7.11 Å². The summed E-state index contributed by atoms with van der Waals surface area (Å²) >= 11 is 3.16. The van der Waals surface area contributed by atoms with E-state index in [4.69, 9.17) is 14.1 Å². The smallest absolute Gasteiger partial charge is 0.210 e. The number of furan rings is 1. The highest BCUT2D eigenvalue weighted by Crippen LogP contribution is 2.29. The van der Waals surface area contributed by atoms with Gasteiger partial charge in [0.25, 0.3) is 0 Å². The second-order valence-corrected chi connectivity index (χ2v) is 7.16. The van der Waals surface area contributed by atoms with E-state index in [2.05, 4.69) is 20.9 Å². The minimum absolute atomic E-state index is 0.508. The molecule has 9 heteroatoms. The van der Waals surface area contributed by atoms with Gasteiger partial charge in [0.05, 0.1) is 19.1 Å². The Morgan fingerprint density at radius 2 is 2.23 bits per heavy atom. The van der Waals surface area contributed by atoms with Crippen LogP contribution in [0.4, 0.5) is 0 Å². The molecule has 0 aliphatic heterocycles. The van der Waals surface area contributed by atoms with Gasteiger partial charge in [-0.05, 0) is 34.7 Å². The van der Waals surface area contributed by atoms with Crippen LogP contribution < -0.4 is 4.74 Å². The molecular weight excluding hydrogens is 370 g/mol. The van der Waals surface area contributed by atoms with Crippen LogP contribution in [0.2, 0.25) is 0 Å². The number of thioether (sulfide) groups is 1. The van der Waals surface area contributed by atoms with Crippen molar-refractivity contribution in [1.29, 1.82) is 0 Å². The summed E-state index contributed by atoms with van der Waals surface area (Å²) in [5.74, 6) is 2.33. The van der Waals surface area contributed by atoms with Crippen LogP contribution in [0.15, 0.2) is 57.6 Å². The Hall–Kier alpha value is -2.65. The van der Waals surface area contributed by atoms with Crippen molar-refractivity contribution in [3.8, 4) is 16.3 Å². The molecule has 0 unspecified atom stereocenters. The van der Waals surface area contributed by atoms with E-state index in [1.165, 1.54) is 0 Å². The van der Waals surface area contributed by atoms with Crippen LogP contribution in [0, 0.1) is 0 Å². The topological polar surface area (TPSA) is 78.9 Å². The first-order chi connectivity index (χ1) is 12.8. The number of hydrogen-bond donors (Lipinski definition) is 0. The fourth-order valence-electron chi connectivity index (χ4n) is 2.35. The molecule has 3 aromatic heterocycles. The van der Waals surface area contributed by atoms with Gasteiger partial charge in [0.1, 0.15) is 23.1 Å². The third-order valence-corrected chi connectivity index (χ3v) is 5.53. The van der Waals surface area contributed by atoms with Crippen LogP contribution in [-0.4, -0.2) is 32.3 Å². The van der Waals surface area contributed by atoms with Gasteiger partial charge in [-0.2, -0.15) is 0 Å². The van der Waals surface area contributed by atoms with Gasteiger partial charge >= 0.3 is 0 Å². The van der Waals surface area contributed by atoms with Gasteiger partial charge in [0, 0.05) is 16.7 Å². The molecule has 26 heavy (non-hydrogen) atoms. The van der Waals surface area contributed by atoms with E-state index in [-0.39, 0.29) is 0 Å². The molecule has 0 aliphatic carbocycles. The quantitative estimate of drug-likeness (QED) is 0.448. The van der Waals surface area contributed by atoms with Crippen LogP contribution in [0.1, 0.15) is 11.5 Å². The van der Waals surface area contributed by atoms with E-state index in [0.29, 0.717) is 12.3 Å². The Bertz CT molecular complexity index is 981. The van der Waals surface area contributed by atoms with Crippen molar-refractivity contribution in [2.45, 2.75) is 17.5 Å². The molecule has 1 aromatic carbocycles. The molecule has 132 valence electrons. The number of methoxy groups -OCH3 is 1. The molecule has 0 saturated carbocycles. The molecule has 0 amide bonds. The minimum Gasteiger partial charge on any atom is -0.497 e. The Kier molecular flexibility index (Phi) is 4.98. The van der Waals surface area contributed by atoms with E-state index in [9.17, 15) is 0 Å². The lowest BCUT2D eigenvalue weighted by atomic mass is 10.2. The van der Waals surface area contributed by atoms with Crippen molar-refractivity contribution in [1.82, 2.24) is 25.2 Å². The first kappa shape index (κ1) is 16.8. The third kappa shape index (κ3) is 3.78. The summed E-state index contributed by atoms with van der Waals surface area (Å²) in [7, 11) is 1.66. The SMILES string of the molecule is COc1cccc(-c2nc(CSc3nnnn3Cc3ccco3)cs2)c1. The minimum atomic E-state index is 0.508. The van der Waals surface area contributed by atoms with Gasteiger partial charge in [-0.15, -0.1) is 16.4 Å². The Morgan fingerprint density at radius 3 is 3.08 bits per heavy atom. The lowest BCUT2D eigenvalue weighted by Gasteiger charge is -2.02. The van der Waals surface area contributed by atoms with Gasteiger partial charge in [-0.25, -0.2) is 9.67 Å². The zero-order valence-corrected chi connectivity index (χ0v) is 15.5. The number of rotatable bonds is 7. The monoisotopic (exact) mass is 385 g/mol. The fourth-order valence-corrected chi connectivity index (χ4v) is 4.04. The summed E-state index contributed by atoms with van der Waals surface area (Å²) in [6.45, 7) is 0.508. The Morgan fingerprint density at radius 1 is 1.27 bits per heavy atom. The lowest BCUT2D eigenvalue weighted by molar-refractivity contribution is 0.415. The molecule has 0 bridgehead atoms. The maximum atomic E-state index is 5.35. The summed E-state index contributed by atoms with van der Waals surface area (Å²) in [5.41, 5.74) is 2.04. The van der Waals surface area contributed by atoms with E-state index < -0.39 is 0 Å². The second-order valence-electron chi connectivity index (χ2n) is 5.36. The van der Waals surface area contributed by atoms with Crippen LogP contribution in [0.5, 0.6) is 5.75 Å². The zero-order valence-electron chi connectivity index (χ0n) is 13.9. The van der Waals surface area contributed by atoms with E-state index in [1.807, 2.05) is 36.4 Å². The predicted molar refractivity (Wildman–Crippen MR) is 99.3 cm³/mol. The first-order valence-electron chi connectivity index (χ1n) is 7.82. The molecule has 0 saturated heterocycles. The fraction of sp³-hybridized carbons (Fsp3) is 0.176. The lowest BCUT2D eigenvalue weighted by Crippen LogP contribution is -2.03. The molecule has 4 aromatic rings.